The van der Waals surface area contributed by atoms with Gasteiger partial charge in [-0.3, -0.25) is 0 Å². The molecule has 146 valence electrons. The van der Waals surface area contributed by atoms with Crippen molar-refractivity contribution in [2.45, 2.75) is 77.6 Å². The molecular formula is C26H36O. The lowest BCUT2D eigenvalue weighted by Crippen LogP contribution is -2.12. The fourth-order valence-corrected chi connectivity index (χ4v) is 4.24. The first-order valence-corrected chi connectivity index (χ1v) is 11.1. The molecule has 0 aliphatic heterocycles. The third-order valence-electron chi connectivity index (χ3n) is 6.27. The SMILES string of the molecule is CCCCOc1ccc(CCc2ccc(C3CCC(CC)CC3)cc2)cc1. The third kappa shape index (κ3) is 6.13. The van der Waals surface area contributed by atoms with Crippen LogP contribution in [0.3, 0.4) is 0 Å². The normalized spacial score (nSPS) is 19.8. The number of rotatable bonds is 9. The zero-order chi connectivity index (χ0) is 18.9. The average molecular weight is 365 g/mol. The summed E-state index contributed by atoms with van der Waals surface area (Å²) >= 11 is 0. The van der Waals surface area contributed by atoms with Gasteiger partial charge in [0.25, 0.3) is 0 Å². The summed E-state index contributed by atoms with van der Waals surface area (Å²) in [6, 6.07) is 18.1. The van der Waals surface area contributed by atoms with Crippen LogP contribution in [0.5, 0.6) is 5.75 Å². The molecule has 1 fully saturated rings. The monoisotopic (exact) mass is 364 g/mol. The van der Waals surface area contributed by atoms with Gasteiger partial charge in [0.1, 0.15) is 5.75 Å². The van der Waals surface area contributed by atoms with Crippen molar-refractivity contribution in [3.8, 4) is 5.75 Å². The predicted molar refractivity (Wildman–Crippen MR) is 116 cm³/mol. The van der Waals surface area contributed by atoms with E-state index in [1.165, 1.54) is 49.7 Å². The van der Waals surface area contributed by atoms with Gasteiger partial charge in [-0.1, -0.05) is 63.1 Å². The summed E-state index contributed by atoms with van der Waals surface area (Å²) in [4.78, 5) is 0. The van der Waals surface area contributed by atoms with Gasteiger partial charge in [0.2, 0.25) is 0 Å². The first-order valence-electron chi connectivity index (χ1n) is 11.1. The Hall–Kier alpha value is -1.76. The van der Waals surface area contributed by atoms with Crippen LogP contribution in [0.1, 0.15) is 81.4 Å². The summed E-state index contributed by atoms with van der Waals surface area (Å²) in [6.45, 7) is 5.35. The van der Waals surface area contributed by atoms with Crippen LogP contribution in [0, 0.1) is 5.92 Å². The van der Waals surface area contributed by atoms with E-state index in [0.717, 1.165) is 43.5 Å². The van der Waals surface area contributed by atoms with Gasteiger partial charge in [0, 0.05) is 0 Å². The number of unbranched alkanes of at least 4 members (excludes halogenated alkanes) is 1. The van der Waals surface area contributed by atoms with E-state index >= 15 is 0 Å². The van der Waals surface area contributed by atoms with Crippen LogP contribution in [0.2, 0.25) is 0 Å². The molecule has 0 bridgehead atoms. The van der Waals surface area contributed by atoms with Gasteiger partial charge in [0.15, 0.2) is 0 Å². The molecule has 1 nitrogen and oxygen atoms in total. The lowest BCUT2D eigenvalue weighted by Gasteiger charge is -2.28. The summed E-state index contributed by atoms with van der Waals surface area (Å²) in [7, 11) is 0. The minimum Gasteiger partial charge on any atom is -0.494 e. The van der Waals surface area contributed by atoms with Crippen molar-refractivity contribution >= 4 is 0 Å². The summed E-state index contributed by atoms with van der Waals surface area (Å²) in [5.74, 6) is 2.76. The Balaban J connectivity index is 1.46. The molecule has 3 rings (SSSR count). The van der Waals surface area contributed by atoms with Crippen molar-refractivity contribution < 1.29 is 4.74 Å². The maximum atomic E-state index is 5.75. The number of aryl methyl sites for hydroxylation is 2. The van der Waals surface area contributed by atoms with Gasteiger partial charge in [-0.25, -0.2) is 0 Å². The van der Waals surface area contributed by atoms with Crippen LogP contribution in [-0.2, 0) is 12.8 Å². The second-order valence-corrected chi connectivity index (χ2v) is 8.21. The molecule has 0 unspecified atom stereocenters. The molecule has 0 aromatic heterocycles. The molecule has 1 aliphatic rings. The zero-order valence-corrected chi connectivity index (χ0v) is 17.3. The van der Waals surface area contributed by atoms with Gasteiger partial charge >= 0.3 is 0 Å². The molecule has 1 heteroatoms. The van der Waals surface area contributed by atoms with Crippen molar-refractivity contribution in [3.63, 3.8) is 0 Å². The molecule has 2 aromatic carbocycles. The van der Waals surface area contributed by atoms with Crippen LogP contribution in [0.4, 0.5) is 0 Å². The Morgan fingerprint density at radius 2 is 1.37 bits per heavy atom. The molecule has 0 heterocycles. The van der Waals surface area contributed by atoms with E-state index in [9.17, 15) is 0 Å². The summed E-state index contributed by atoms with van der Waals surface area (Å²) in [6.07, 6.45) is 11.5. The number of hydrogen-bond donors (Lipinski definition) is 0. The van der Waals surface area contributed by atoms with Crippen LogP contribution in [0.15, 0.2) is 48.5 Å². The van der Waals surface area contributed by atoms with Crippen LogP contribution < -0.4 is 4.74 Å². The van der Waals surface area contributed by atoms with Gasteiger partial charge in [-0.2, -0.15) is 0 Å². The van der Waals surface area contributed by atoms with E-state index in [0.29, 0.717) is 0 Å². The highest BCUT2D eigenvalue weighted by atomic mass is 16.5. The molecule has 0 N–H and O–H groups in total. The second-order valence-electron chi connectivity index (χ2n) is 8.21. The topological polar surface area (TPSA) is 9.23 Å². The van der Waals surface area contributed by atoms with Gasteiger partial charge in [-0.15, -0.1) is 0 Å². The molecule has 1 saturated carbocycles. The van der Waals surface area contributed by atoms with Crippen LogP contribution >= 0.6 is 0 Å². The van der Waals surface area contributed by atoms with E-state index in [1.54, 1.807) is 5.56 Å². The Morgan fingerprint density at radius 3 is 1.93 bits per heavy atom. The summed E-state index contributed by atoms with van der Waals surface area (Å²) in [5, 5.41) is 0. The highest BCUT2D eigenvalue weighted by Gasteiger charge is 2.20. The molecule has 0 amide bonds. The third-order valence-corrected chi connectivity index (χ3v) is 6.27. The Labute approximate surface area is 166 Å². The van der Waals surface area contributed by atoms with Crippen molar-refractivity contribution in [1.82, 2.24) is 0 Å². The molecule has 27 heavy (non-hydrogen) atoms. The largest absolute Gasteiger partial charge is 0.494 e. The highest BCUT2D eigenvalue weighted by molar-refractivity contribution is 5.30. The molecule has 2 aromatic rings. The summed E-state index contributed by atoms with van der Waals surface area (Å²) < 4.78 is 5.75. The predicted octanol–water partition coefficient (Wildman–Crippen LogP) is 7.33. The molecule has 0 atom stereocenters. The highest BCUT2D eigenvalue weighted by Crippen LogP contribution is 2.36. The van der Waals surface area contributed by atoms with Crippen molar-refractivity contribution in [3.05, 3.63) is 65.2 Å². The van der Waals surface area contributed by atoms with Crippen molar-refractivity contribution in [1.29, 1.82) is 0 Å². The Kier molecular flexibility index (Phi) is 7.80. The van der Waals surface area contributed by atoms with E-state index in [1.807, 2.05) is 0 Å². The maximum Gasteiger partial charge on any atom is 0.119 e. The van der Waals surface area contributed by atoms with Crippen LogP contribution in [0.25, 0.3) is 0 Å². The first-order chi connectivity index (χ1) is 13.3. The van der Waals surface area contributed by atoms with E-state index in [2.05, 4.69) is 62.4 Å². The number of benzene rings is 2. The quantitative estimate of drug-likeness (QED) is 0.423. The number of ether oxygens (including phenoxy) is 1. The standard InChI is InChI=1S/C26H36O/c1-3-5-20-27-26-18-12-23(13-19-26)7-6-22-10-16-25(17-11-22)24-14-8-21(4-2)9-15-24/h10-13,16-19,21,24H,3-9,14-15,20H2,1-2H3. The molecule has 0 saturated heterocycles. The minimum atomic E-state index is 0.794. The first kappa shape index (κ1) is 20.0. The van der Waals surface area contributed by atoms with Gasteiger partial charge < -0.3 is 4.74 Å². The fourth-order valence-electron chi connectivity index (χ4n) is 4.24. The van der Waals surface area contributed by atoms with Gasteiger partial charge in [-0.05, 0) is 85.6 Å². The second kappa shape index (κ2) is 10.5. The Bertz CT molecular complexity index is 648. The lowest BCUT2D eigenvalue weighted by atomic mass is 9.78. The lowest BCUT2D eigenvalue weighted by molar-refractivity contribution is 0.309. The minimum absolute atomic E-state index is 0.794. The van der Waals surface area contributed by atoms with E-state index in [-0.39, 0.29) is 0 Å². The molecular weight excluding hydrogens is 328 g/mol. The molecule has 1 aliphatic carbocycles. The zero-order valence-electron chi connectivity index (χ0n) is 17.3. The van der Waals surface area contributed by atoms with Gasteiger partial charge in [0.05, 0.1) is 6.61 Å². The van der Waals surface area contributed by atoms with Crippen molar-refractivity contribution in [2.75, 3.05) is 6.61 Å². The summed E-state index contributed by atoms with van der Waals surface area (Å²) in [5.41, 5.74) is 4.39. The van der Waals surface area contributed by atoms with E-state index in [4.69, 9.17) is 4.74 Å². The molecule has 0 radical (unpaired) electrons. The average Bonchev–Trinajstić information content (AvgIpc) is 2.74. The fraction of sp³-hybridized carbons (Fsp3) is 0.538. The van der Waals surface area contributed by atoms with Crippen molar-refractivity contribution in [2.24, 2.45) is 5.92 Å². The van der Waals surface area contributed by atoms with Crippen LogP contribution in [-0.4, -0.2) is 6.61 Å². The Morgan fingerprint density at radius 1 is 0.778 bits per heavy atom. The number of hydrogen-bond acceptors (Lipinski definition) is 1. The molecule has 0 spiro atoms. The van der Waals surface area contributed by atoms with E-state index < -0.39 is 0 Å². The maximum absolute atomic E-state index is 5.75. The smallest absolute Gasteiger partial charge is 0.119 e.